The second-order valence-electron chi connectivity index (χ2n) is 5.73. The predicted octanol–water partition coefficient (Wildman–Crippen LogP) is 3.10. The molecule has 0 bridgehead atoms. The summed E-state index contributed by atoms with van der Waals surface area (Å²) in [6.07, 6.45) is 3.75. The molecule has 1 saturated heterocycles. The van der Waals surface area contributed by atoms with Gasteiger partial charge >= 0.3 is 0 Å². The molecule has 2 unspecified atom stereocenters. The van der Waals surface area contributed by atoms with E-state index in [1.54, 1.807) is 23.0 Å². The van der Waals surface area contributed by atoms with Crippen LogP contribution in [0.4, 0.5) is 10.2 Å². The second kappa shape index (κ2) is 5.99. The molecule has 0 saturated carbocycles. The first-order valence-electron chi connectivity index (χ1n) is 7.59. The molecule has 1 aliphatic rings. The van der Waals surface area contributed by atoms with Gasteiger partial charge in [-0.3, -0.25) is 4.68 Å². The third-order valence-corrected chi connectivity index (χ3v) is 4.52. The van der Waals surface area contributed by atoms with Crippen LogP contribution in [0.1, 0.15) is 18.1 Å². The number of fused-ring (bicyclic) bond motifs is 1. The van der Waals surface area contributed by atoms with Gasteiger partial charge in [-0.05, 0) is 24.1 Å². The molecule has 1 aliphatic heterocycles. The normalized spacial score (nSPS) is 20.6. The first-order valence-corrected chi connectivity index (χ1v) is 7.97. The van der Waals surface area contributed by atoms with Gasteiger partial charge in [-0.1, -0.05) is 17.7 Å². The maximum absolute atomic E-state index is 13.8. The average molecular weight is 348 g/mol. The van der Waals surface area contributed by atoms with Gasteiger partial charge < -0.3 is 10.1 Å². The second-order valence-corrected chi connectivity index (χ2v) is 6.14. The molecule has 1 fully saturated rings. The monoisotopic (exact) mass is 347 g/mol. The van der Waals surface area contributed by atoms with Crippen molar-refractivity contribution in [3.63, 3.8) is 0 Å². The van der Waals surface area contributed by atoms with E-state index >= 15 is 0 Å². The molecule has 24 heavy (non-hydrogen) atoms. The summed E-state index contributed by atoms with van der Waals surface area (Å²) >= 11 is 5.76. The molecule has 0 aliphatic carbocycles. The number of hydrogen-bond donors (Lipinski definition) is 1. The lowest BCUT2D eigenvalue weighted by Gasteiger charge is -2.21. The minimum Gasteiger partial charge on any atom is -0.371 e. The molecule has 0 spiro atoms. The Balaban J connectivity index is 1.64. The standard InChI is InChI=1S/C16H15ClFN5O/c1-23-16-10(7-21-23)15(19-8-20-16)22-13-4-5-24-14(13)9-2-3-11(17)12(18)6-9/h2-3,6-8,13-14H,4-5H2,1H3,(H,19,20,22). The van der Waals surface area contributed by atoms with Crippen molar-refractivity contribution >= 4 is 28.5 Å². The van der Waals surface area contributed by atoms with Crippen molar-refractivity contribution in [1.82, 2.24) is 19.7 Å². The molecule has 2 aromatic heterocycles. The van der Waals surface area contributed by atoms with Crippen molar-refractivity contribution in [1.29, 1.82) is 0 Å². The van der Waals surface area contributed by atoms with E-state index in [-0.39, 0.29) is 17.2 Å². The van der Waals surface area contributed by atoms with Gasteiger partial charge in [0.15, 0.2) is 5.65 Å². The van der Waals surface area contributed by atoms with Gasteiger partial charge in [-0.15, -0.1) is 0 Å². The lowest BCUT2D eigenvalue weighted by molar-refractivity contribution is 0.107. The van der Waals surface area contributed by atoms with Crippen LogP contribution in [0.15, 0.2) is 30.7 Å². The summed E-state index contributed by atoms with van der Waals surface area (Å²) in [7, 11) is 1.83. The van der Waals surface area contributed by atoms with Gasteiger partial charge in [0, 0.05) is 13.7 Å². The van der Waals surface area contributed by atoms with Crippen molar-refractivity contribution in [2.75, 3.05) is 11.9 Å². The zero-order chi connectivity index (χ0) is 16.7. The molecule has 1 aromatic carbocycles. The topological polar surface area (TPSA) is 64.9 Å². The van der Waals surface area contributed by atoms with Gasteiger partial charge in [0.1, 0.15) is 24.1 Å². The molecule has 3 heterocycles. The van der Waals surface area contributed by atoms with E-state index in [4.69, 9.17) is 16.3 Å². The number of rotatable bonds is 3. The van der Waals surface area contributed by atoms with Crippen molar-refractivity contribution in [2.24, 2.45) is 7.05 Å². The zero-order valence-electron chi connectivity index (χ0n) is 12.9. The van der Waals surface area contributed by atoms with Crippen LogP contribution in [0.5, 0.6) is 0 Å². The van der Waals surface area contributed by atoms with Gasteiger partial charge in [0.25, 0.3) is 0 Å². The number of ether oxygens (including phenoxy) is 1. The SMILES string of the molecule is Cn1ncc2c(NC3CCOC3c3ccc(Cl)c(F)c3)ncnc21. The number of hydrogen-bond acceptors (Lipinski definition) is 5. The van der Waals surface area contributed by atoms with E-state index in [1.165, 1.54) is 12.4 Å². The highest BCUT2D eigenvalue weighted by molar-refractivity contribution is 6.30. The Morgan fingerprint density at radius 3 is 3.08 bits per heavy atom. The van der Waals surface area contributed by atoms with Gasteiger partial charge in [-0.2, -0.15) is 5.10 Å². The number of aryl methyl sites for hydroxylation is 1. The van der Waals surface area contributed by atoms with E-state index in [0.29, 0.717) is 12.4 Å². The number of aromatic nitrogens is 4. The van der Waals surface area contributed by atoms with Crippen molar-refractivity contribution in [3.05, 3.63) is 47.1 Å². The molecule has 1 N–H and O–H groups in total. The predicted molar refractivity (Wildman–Crippen MR) is 88.4 cm³/mol. The number of halogens is 2. The van der Waals surface area contributed by atoms with Gasteiger partial charge in [0.05, 0.1) is 22.6 Å². The summed E-state index contributed by atoms with van der Waals surface area (Å²) in [6.45, 7) is 0.591. The number of benzene rings is 1. The van der Waals surface area contributed by atoms with Crippen LogP contribution in [-0.2, 0) is 11.8 Å². The summed E-state index contributed by atoms with van der Waals surface area (Å²) in [5.74, 6) is 0.253. The number of anilines is 1. The van der Waals surface area contributed by atoms with E-state index in [2.05, 4.69) is 20.4 Å². The van der Waals surface area contributed by atoms with Gasteiger partial charge in [-0.25, -0.2) is 14.4 Å². The lowest BCUT2D eigenvalue weighted by atomic mass is 10.0. The quantitative estimate of drug-likeness (QED) is 0.788. The Hall–Kier alpha value is -2.25. The van der Waals surface area contributed by atoms with Crippen LogP contribution in [0.25, 0.3) is 11.0 Å². The number of nitrogens with one attached hydrogen (secondary N) is 1. The average Bonchev–Trinajstić information content (AvgIpc) is 3.18. The Labute approximate surface area is 142 Å². The maximum atomic E-state index is 13.8. The van der Waals surface area contributed by atoms with Crippen LogP contribution in [0, 0.1) is 5.82 Å². The Kier molecular flexibility index (Phi) is 3.82. The molecule has 4 rings (SSSR count). The largest absolute Gasteiger partial charge is 0.371 e. The fourth-order valence-corrected chi connectivity index (χ4v) is 3.13. The highest BCUT2D eigenvalue weighted by Crippen LogP contribution is 2.33. The van der Waals surface area contributed by atoms with Crippen LogP contribution in [0.2, 0.25) is 5.02 Å². The maximum Gasteiger partial charge on any atom is 0.163 e. The van der Waals surface area contributed by atoms with Gasteiger partial charge in [0.2, 0.25) is 0 Å². The summed E-state index contributed by atoms with van der Waals surface area (Å²) < 4.78 is 21.3. The molecule has 6 nitrogen and oxygen atoms in total. The van der Waals surface area contributed by atoms with E-state index < -0.39 is 5.82 Å². The Bertz CT molecular complexity index is 899. The summed E-state index contributed by atoms with van der Waals surface area (Å²) in [4.78, 5) is 8.55. The fourth-order valence-electron chi connectivity index (χ4n) is 3.01. The first-order chi connectivity index (χ1) is 11.6. The minimum atomic E-state index is -0.444. The Morgan fingerprint density at radius 2 is 2.25 bits per heavy atom. The van der Waals surface area contributed by atoms with E-state index in [9.17, 15) is 4.39 Å². The van der Waals surface area contributed by atoms with Crippen LogP contribution < -0.4 is 5.32 Å². The molecule has 0 amide bonds. The zero-order valence-corrected chi connectivity index (χ0v) is 13.7. The summed E-state index contributed by atoms with van der Waals surface area (Å²) in [5, 5.41) is 8.55. The Morgan fingerprint density at radius 1 is 1.38 bits per heavy atom. The summed E-state index contributed by atoms with van der Waals surface area (Å²) in [5.41, 5.74) is 1.50. The van der Waals surface area contributed by atoms with E-state index in [0.717, 1.165) is 23.0 Å². The van der Waals surface area contributed by atoms with E-state index in [1.807, 2.05) is 7.05 Å². The highest BCUT2D eigenvalue weighted by atomic mass is 35.5. The third kappa shape index (κ3) is 2.59. The minimum absolute atomic E-state index is 0.0242. The molecular formula is C16H15ClFN5O. The highest BCUT2D eigenvalue weighted by Gasteiger charge is 2.31. The van der Waals surface area contributed by atoms with Crippen molar-refractivity contribution in [3.8, 4) is 0 Å². The summed E-state index contributed by atoms with van der Waals surface area (Å²) in [6, 6.07) is 4.74. The van der Waals surface area contributed by atoms with Crippen molar-refractivity contribution in [2.45, 2.75) is 18.6 Å². The third-order valence-electron chi connectivity index (χ3n) is 4.22. The van der Waals surface area contributed by atoms with Crippen LogP contribution >= 0.6 is 11.6 Å². The lowest BCUT2D eigenvalue weighted by Crippen LogP contribution is -2.24. The van der Waals surface area contributed by atoms with Crippen molar-refractivity contribution < 1.29 is 9.13 Å². The molecule has 8 heteroatoms. The molecule has 2 atom stereocenters. The first kappa shape index (κ1) is 15.3. The van der Waals surface area contributed by atoms with Crippen LogP contribution in [0.3, 0.4) is 0 Å². The smallest absolute Gasteiger partial charge is 0.163 e. The molecular weight excluding hydrogens is 333 g/mol. The number of nitrogens with zero attached hydrogens (tertiary/aromatic N) is 4. The molecule has 0 radical (unpaired) electrons. The fraction of sp³-hybridized carbons (Fsp3) is 0.312. The van der Waals surface area contributed by atoms with Crippen LogP contribution in [-0.4, -0.2) is 32.4 Å². The molecule has 3 aromatic rings. The molecule has 124 valence electrons.